The Labute approximate surface area is 86.9 Å². The van der Waals surface area contributed by atoms with Gasteiger partial charge in [-0.05, 0) is 28.5 Å². The summed E-state index contributed by atoms with van der Waals surface area (Å²) in [7, 11) is 0. The molecule has 2 rings (SSSR count). The summed E-state index contributed by atoms with van der Waals surface area (Å²) in [4.78, 5) is 0. The molecule has 2 heterocycles. The molecule has 0 fully saturated rings. The van der Waals surface area contributed by atoms with Crippen LogP contribution in [0.2, 0.25) is 0 Å². The van der Waals surface area contributed by atoms with Gasteiger partial charge in [-0.1, -0.05) is 13.8 Å². The van der Waals surface area contributed by atoms with Crippen LogP contribution in [0.3, 0.4) is 0 Å². The second kappa shape index (κ2) is 3.90. The molecule has 1 atom stereocenters. The molecule has 0 bridgehead atoms. The molecule has 6 nitrogen and oxygen atoms in total. The van der Waals surface area contributed by atoms with Crippen molar-refractivity contribution < 1.29 is 5.11 Å². The average Bonchev–Trinajstić information content (AvgIpc) is 2.64. The summed E-state index contributed by atoms with van der Waals surface area (Å²) < 4.78 is 1.36. The van der Waals surface area contributed by atoms with Gasteiger partial charge in [-0.15, -0.1) is 9.73 Å². The van der Waals surface area contributed by atoms with Gasteiger partial charge in [0, 0.05) is 6.42 Å². The molecule has 15 heavy (non-hydrogen) atoms. The number of rotatable bonds is 3. The second-order valence-electron chi connectivity index (χ2n) is 3.87. The van der Waals surface area contributed by atoms with Crippen LogP contribution in [0.4, 0.5) is 0 Å². The van der Waals surface area contributed by atoms with E-state index >= 15 is 0 Å². The van der Waals surface area contributed by atoms with Gasteiger partial charge in [0.25, 0.3) is 0 Å². The fourth-order valence-corrected chi connectivity index (χ4v) is 1.25. The Morgan fingerprint density at radius 2 is 2.20 bits per heavy atom. The standard InChI is InChI=1S/C9H13N5O/c1-6(2)8(15)5-7-3-4-9-10-12-13-14(9)11-7/h3-4,6,8,15H,5H2,1-2H3. The van der Waals surface area contributed by atoms with E-state index in [0.717, 1.165) is 5.69 Å². The van der Waals surface area contributed by atoms with E-state index in [4.69, 9.17) is 0 Å². The summed E-state index contributed by atoms with van der Waals surface area (Å²) in [6, 6.07) is 3.62. The second-order valence-corrected chi connectivity index (χ2v) is 3.87. The minimum atomic E-state index is -0.383. The van der Waals surface area contributed by atoms with Gasteiger partial charge in [0.1, 0.15) is 0 Å². The normalized spacial score (nSPS) is 13.6. The Hall–Kier alpha value is -1.56. The molecule has 0 saturated heterocycles. The Balaban J connectivity index is 2.21. The van der Waals surface area contributed by atoms with E-state index in [1.54, 1.807) is 6.07 Å². The minimum absolute atomic E-state index is 0.219. The van der Waals surface area contributed by atoms with Gasteiger partial charge in [0.15, 0.2) is 5.65 Å². The van der Waals surface area contributed by atoms with Crippen LogP contribution >= 0.6 is 0 Å². The zero-order valence-corrected chi connectivity index (χ0v) is 8.70. The van der Waals surface area contributed by atoms with E-state index in [1.165, 1.54) is 4.63 Å². The van der Waals surface area contributed by atoms with Crippen LogP contribution in [-0.2, 0) is 6.42 Å². The Morgan fingerprint density at radius 3 is 2.93 bits per heavy atom. The number of aliphatic hydroxyl groups is 1. The molecule has 1 unspecified atom stereocenters. The molecule has 1 N–H and O–H groups in total. The molecule has 0 aliphatic rings. The quantitative estimate of drug-likeness (QED) is 0.771. The Kier molecular flexibility index (Phi) is 2.59. The first-order valence-corrected chi connectivity index (χ1v) is 4.89. The average molecular weight is 207 g/mol. The van der Waals surface area contributed by atoms with Crippen LogP contribution in [-0.4, -0.2) is 36.5 Å². The van der Waals surface area contributed by atoms with Gasteiger partial charge in [-0.3, -0.25) is 0 Å². The van der Waals surface area contributed by atoms with Gasteiger partial charge in [-0.25, -0.2) is 0 Å². The molecule has 0 aromatic carbocycles. The molecule has 2 aromatic heterocycles. The van der Waals surface area contributed by atoms with Crippen molar-refractivity contribution in [1.82, 2.24) is 25.3 Å². The SMILES string of the molecule is CC(C)C(O)Cc1ccc2nnnn2n1. The molecule has 0 saturated carbocycles. The number of hydrogen-bond acceptors (Lipinski definition) is 5. The van der Waals surface area contributed by atoms with Crippen molar-refractivity contribution in [2.75, 3.05) is 0 Å². The van der Waals surface area contributed by atoms with Gasteiger partial charge < -0.3 is 5.11 Å². The minimum Gasteiger partial charge on any atom is -0.392 e. The number of tetrazole rings is 1. The predicted octanol–water partition coefficient (Wildman–Crippen LogP) is 0.0787. The lowest BCUT2D eigenvalue weighted by Crippen LogP contribution is -2.19. The lowest BCUT2D eigenvalue weighted by Gasteiger charge is -2.12. The van der Waals surface area contributed by atoms with Crippen molar-refractivity contribution in [2.45, 2.75) is 26.4 Å². The zero-order chi connectivity index (χ0) is 10.8. The van der Waals surface area contributed by atoms with E-state index in [0.29, 0.717) is 12.1 Å². The Bertz CT molecular complexity index is 452. The smallest absolute Gasteiger partial charge is 0.199 e. The van der Waals surface area contributed by atoms with Crippen LogP contribution in [0.5, 0.6) is 0 Å². The van der Waals surface area contributed by atoms with Gasteiger partial charge >= 0.3 is 0 Å². The Morgan fingerprint density at radius 1 is 1.40 bits per heavy atom. The molecule has 0 radical (unpaired) electrons. The molecule has 6 heteroatoms. The fraction of sp³-hybridized carbons (Fsp3) is 0.556. The van der Waals surface area contributed by atoms with E-state index in [9.17, 15) is 5.11 Å². The first-order valence-electron chi connectivity index (χ1n) is 4.89. The third-order valence-corrected chi connectivity index (χ3v) is 2.31. The summed E-state index contributed by atoms with van der Waals surface area (Å²) in [6.45, 7) is 3.94. The highest BCUT2D eigenvalue weighted by molar-refractivity contribution is 5.32. The van der Waals surface area contributed by atoms with Crippen LogP contribution in [0.15, 0.2) is 12.1 Å². The maximum atomic E-state index is 9.70. The van der Waals surface area contributed by atoms with Crippen molar-refractivity contribution in [3.63, 3.8) is 0 Å². The van der Waals surface area contributed by atoms with E-state index < -0.39 is 0 Å². The third kappa shape index (κ3) is 2.10. The molecular weight excluding hydrogens is 194 g/mol. The summed E-state index contributed by atoms with van der Waals surface area (Å²) in [6.07, 6.45) is 0.138. The number of aliphatic hydroxyl groups excluding tert-OH is 1. The highest BCUT2D eigenvalue weighted by Gasteiger charge is 2.11. The molecule has 0 aliphatic heterocycles. The lowest BCUT2D eigenvalue weighted by molar-refractivity contribution is 0.124. The molecule has 2 aromatic rings. The van der Waals surface area contributed by atoms with E-state index in [1.807, 2.05) is 19.9 Å². The van der Waals surface area contributed by atoms with Crippen molar-refractivity contribution in [2.24, 2.45) is 5.92 Å². The highest BCUT2D eigenvalue weighted by atomic mass is 16.3. The van der Waals surface area contributed by atoms with Crippen LogP contribution < -0.4 is 0 Å². The van der Waals surface area contributed by atoms with E-state index in [-0.39, 0.29) is 12.0 Å². The van der Waals surface area contributed by atoms with Crippen LogP contribution in [0.1, 0.15) is 19.5 Å². The summed E-state index contributed by atoms with van der Waals surface area (Å²) in [5.41, 5.74) is 1.40. The molecule has 0 spiro atoms. The maximum absolute atomic E-state index is 9.70. The molecular formula is C9H13N5O. The van der Waals surface area contributed by atoms with E-state index in [2.05, 4.69) is 20.6 Å². The zero-order valence-electron chi connectivity index (χ0n) is 8.70. The molecule has 80 valence electrons. The predicted molar refractivity (Wildman–Crippen MR) is 53.1 cm³/mol. The summed E-state index contributed by atoms with van der Waals surface area (Å²) >= 11 is 0. The van der Waals surface area contributed by atoms with Gasteiger partial charge in [-0.2, -0.15) is 5.10 Å². The third-order valence-electron chi connectivity index (χ3n) is 2.31. The van der Waals surface area contributed by atoms with Crippen molar-refractivity contribution in [3.05, 3.63) is 17.8 Å². The summed E-state index contributed by atoms with van der Waals surface area (Å²) in [5.74, 6) is 0.219. The first kappa shape index (κ1) is 9.97. The number of aromatic nitrogens is 5. The number of fused-ring (bicyclic) bond motifs is 1. The van der Waals surface area contributed by atoms with Crippen LogP contribution in [0, 0.1) is 5.92 Å². The summed E-state index contributed by atoms with van der Waals surface area (Å²) in [5, 5.41) is 24.8. The maximum Gasteiger partial charge on any atom is 0.199 e. The lowest BCUT2D eigenvalue weighted by atomic mass is 10.0. The van der Waals surface area contributed by atoms with Crippen molar-refractivity contribution in [1.29, 1.82) is 0 Å². The first-order chi connectivity index (χ1) is 7.16. The fourth-order valence-electron chi connectivity index (χ4n) is 1.25. The molecule has 0 amide bonds. The largest absolute Gasteiger partial charge is 0.392 e. The monoisotopic (exact) mass is 207 g/mol. The highest BCUT2D eigenvalue weighted by Crippen LogP contribution is 2.08. The van der Waals surface area contributed by atoms with Crippen molar-refractivity contribution in [3.8, 4) is 0 Å². The molecule has 0 aliphatic carbocycles. The van der Waals surface area contributed by atoms with Crippen LogP contribution in [0.25, 0.3) is 5.65 Å². The van der Waals surface area contributed by atoms with Gasteiger partial charge in [0.2, 0.25) is 0 Å². The van der Waals surface area contributed by atoms with Crippen molar-refractivity contribution >= 4 is 5.65 Å². The topological polar surface area (TPSA) is 76.2 Å². The number of nitrogens with zero attached hydrogens (tertiary/aromatic N) is 5. The van der Waals surface area contributed by atoms with Gasteiger partial charge in [0.05, 0.1) is 11.8 Å². The number of hydrogen-bond donors (Lipinski definition) is 1.